The van der Waals surface area contributed by atoms with Crippen molar-refractivity contribution in [3.8, 4) is 11.5 Å². The number of hydrogen-bond donors (Lipinski definition) is 1. The van der Waals surface area contributed by atoms with Crippen LogP contribution in [0.1, 0.15) is 24.8 Å². The Morgan fingerprint density at radius 3 is 2.77 bits per heavy atom. The summed E-state index contributed by atoms with van der Waals surface area (Å²) in [6, 6.07) is 6.29. The minimum Gasteiger partial charge on any atom is -0.493 e. The van der Waals surface area contributed by atoms with Crippen molar-refractivity contribution >= 4 is 5.57 Å². The van der Waals surface area contributed by atoms with Gasteiger partial charge in [-0.25, -0.2) is 0 Å². The Bertz CT molecular complexity index is 522. The molecule has 0 radical (unpaired) electrons. The third kappa shape index (κ3) is 3.81. The third-order valence-corrected chi connectivity index (χ3v) is 4.46. The second-order valence-corrected chi connectivity index (χ2v) is 5.95. The molecular weight excluding hydrogens is 276 g/mol. The summed E-state index contributed by atoms with van der Waals surface area (Å²) in [5.41, 5.74) is 2.63. The molecule has 0 aromatic heterocycles. The van der Waals surface area contributed by atoms with Gasteiger partial charge in [0.25, 0.3) is 0 Å². The third-order valence-electron chi connectivity index (χ3n) is 4.46. The molecule has 120 valence electrons. The van der Waals surface area contributed by atoms with Gasteiger partial charge in [0.15, 0.2) is 11.5 Å². The van der Waals surface area contributed by atoms with E-state index in [2.05, 4.69) is 28.4 Å². The topological polar surface area (TPSA) is 33.7 Å². The van der Waals surface area contributed by atoms with Gasteiger partial charge < -0.3 is 14.8 Å². The zero-order chi connectivity index (χ0) is 15.2. The number of rotatable bonds is 6. The summed E-state index contributed by atoms with van der Waals surface area (Å²) in [7, 11) is 1.71. The molecule has 2 aliphatic rings. The van der Waals surface area contributed by atoms with Crippen molar-refractivity contribution in [1.29, 1.82) is 0 Å². The molecule has 1 fully saturated rings. The number of nitrogens with one attached hydrogen (secondary N) is 1. The Morgan fingerprint density at radius 2 is 2.05 bits per heavy atom. The average molecular weight is 302 g/mol. The Balaban J connectivity index is 1.62. The Morgan fingerprint density at radius 1 is 1.18 bits per heavy atom. The number of methoxy groups -OCH3 is 1. The summed E-state index contributed by atoms with van der Waals surface area (Å²) in [6.07, 6.45) is 5.97. The van der Waals surface area contributed by atoms with Crippen LogP contribution in [0.3, 0.4) is 0 Å². The molecule has 0 saturated carbocycles. The van der Waals surface area contributed by atoms with Gasteiger partial charge in [0.1, 0.15) is 6.61 Å². The molecule has 0 spiro atoms. The van der Waals surface area contributed by atoms with Gasteiger partial charge >= 0.3 is 0 Å². The molecule has 4 heteroatoms. The first-order valence-corrected chi connectivity index (χ1v) is 8.30. The summed E-state index contributed by atoms with van der Waals surface area (Å²) in [4.78, 5) is 2.46. The zero-order valence-electron chi connectivity index (χ0n) is 13.4. The highest BCUT2D eigenvalue weighted by Gasteiger charge is 2.13. The lowest BCUT2D eigenvalue weighted by molar-refractivity contribution is 0.230. The summed E-state index contributed by atoms with van der Waals surface area (Å²) < 4.78 is 11.5. The number of hydrogen-bond acceptors (Lipinski definition) is 4. The highest BCUT2D eigenvalue weighted by atomic mass is 16.5. The van der Waals surface area contributed by atoms with Gasteiger partial charge in [-0.05, 0) is 62.2 Å². The van der Waals surface area contributed by atoms with Crippen LogP contribution in [-0.4, -0.2) is 51.3 Å². The lowest BCUT2D eigenvalue weighted by Gasteiger charge is -2.18. The van der Waals surface area contributed by atoms with E-state index in [0.29, 0.717) is 0 Å². The molecule has 2 heterocycles. The van der Waals surface area contributed by atoms with E-state index >= 15 is 0 Å². The largest absolute Gasteiger partial charge is 0.493 e. The van der Waals surface area contributed by atoms with Crippen LogP contribution < -0.4 is 14.8 Å². The molecular formula is C18H26N2O2. The molecule has 1 N–H and O–H groups in total. The van der Waals surface area contributed by atoms with E-state index in [1.807, 2.05) is 6.07 Å². The first-order chi connectivity index (χ1) is 10.9. The minimum absolute atomic E-state index is 0.725. The number of nitrogens with zero attached hydrogens (tertiary/aromatic N) is 1. The van der Waals surface area contributed by atoms with Gasteiger partial charge in [-0.1, -0.05) is 12.1 Å². The van der Waals surface area contributed by atoms with Gasteiger partial charge in [0.2, 0.25) is 0 Å². The summed E-state index contributed by atoms with van der Waals surface area (Å²) >= 11 is 0. The molecule has 0 bridgehead atoms. The number of benzene rings is 1. The fourth-order valence-electron chi connectivity index (χ4n) is 3.16. The van der Waals surface area contributed by atoms with Gasteiger partial charge in [-0.2, -0.15) is 0 Å². The molecule has 1 aromatic carbocycles. The molecule has 0 amide bonds. The molecule has 2 aliphatic heterocycles. The van der Waals surface area contributed by atoms with Gasteiger partial charge in [0.05, 0.1) is 7.11 Å². The lowest BCUT2D eigenvalue weighted by atomic mass is 10.00. The van der Waals surface area contributed by atoms with Crippen molar-refractivity contribution in [2.45, 2.75) is 19.3 Å². The predicted molar refractivity (Wildman–Crippen MR) is 89.6 cm³/mol. The normalized spacial score (nSPS) is 19.0. The van der Waals surface area contributed by atoms with E-state index in [-0.39, 0.29) is 0 Å². The smallest absolute Gasteiger partial charge is 0.161 e. The van der Waals surface area contributed by atoms with Crippen LogP contribution in [0.2, 0.25) is 0 Å². The van der Waals surface area contributed by atoms with E-state index in [0.717, 1.165) is 44.2 Å². The molecule has 1 saturated heterocycles. The van der Waals surface area contributed by atoms with Crippen LogP contribution in [0, 0.1) is 0 Å². The monoisotopic (exact) mass is 302 g/mol. The molecule has 0 aliphatic carbocycles. The van der Waals surface area contributed by atoms with Crippen molar-refractivity contribution in [1.82, 2.24) is 10.2 Å². The van der Waals surface area contributed by atoms with E-state index in [1.165, 1.54) is 37.1 Å². The fraction of sp³-hybridized carbons (Fsp3) is 0.556. The second-order valence-electron chi connectivity index (χ2n) is 5.95. The van der Waals surface area contributed by atoms with Crippen LogP contribution >= 0.6 is 0 Å². The highest BCUT2D eigenvalue weighted by molar-refractivity contribution is 5.69. The van der Waals surface area contributed by atoms with Gasteiger partial charge in [-0.15, -0.1) is 0 Å². The molecule has 0 atom stereocenters. The molecule has 1 aromatic rings. The van der Waals surface area contributed by atoms with E-state index in [1.54, 1.807) is 7.11 Å². The van der Waals surface area contributed by atoms with E-state index in [4.69, 9.17) is 9.47 Å². The van der Waals surface area contributed by atoms with Crippen molar-refractivity contribution in [3.63, 3.8) is 0 Å². The van der Waals surface area contributed by atoms with Crippen LogP contribution in [0.25, 0.3) is 5.57 Å². The van der Waals surface area contributed by atoms with Crippen molar-refractivity contribution in [2.24, 2.45) is 0 Å². The van der Waals surface area contributed by atoms with Crippen LogP contribution in [-0.2, 0) is 0 Å². The van der Waals surface area contributed by atoms with E-state index in [9.17, 15) is 0 Å². The molecule has 22 heavy (non-hydrogen) atoms. The first kappa shape index (κ1) is 15.4. The zero-order valence-corrected chi connectivity index (χ0v) is 13.4. The quantitative estimate of drug-likeness (QED) is 0.875. The summed E-state index contributed by atoms with van der Waals surface area (Å²) in [5, 5.41) is 3.34. The SMILES string of the molecule is COc1cc(C2=CCNCC2)ccc1OCCN1CCCC1. The minimum atomic E-state index is 0.725. The number of ether oxygens (including phenoxy) is 2. The van der Waals surface area contributed by atoms with Gasteiger partial charge in [-0.3, -0.25) is 4.90 Å². The standard InChI is InChI=1S/C18H26N2O2/c1-21-18-14-16(15-6-8-19-9-7-15)4-5-17(18)22-13-12-20-10-2-3-11-20/h4-6,14,19H,2-3,7-13H2,1H3. The summed E-state index contributed by atoms with van der Waals surface area (Å²) in [6.45, 7) is 6.14. The van der Waals surface area contributed by atoms with Crippen LogP contribution in [0.4, 0.5) is 0 Å². The van der Waals surface area contributed by atoms with E-state index < -0.39 is 0 Å². The maximum atomic E-state index is 5.93. The predicted octanol–water partition coefficient (Wildman–Crippen LogP) is 2.55. The molecule has 3 rings (SSSR count). The van der Waals surface area contributed by atoms with Crippen LogP contribution in [0.15, 0.2) is 24.3 Å². The van der Waals surface area contributed by atoms with Crippen LogP contribution in [0.5, 0.6) is 11.5 Å². The Hall–Kier alpha value is -1.52. The fourth-order valence-corrected chi connectivity index (χ4v) is 3.16. The molecule has 4 nitrogen and oxygen atoms in total. The first-order valence-electron chi connectivity index (χ1n) is 8.30. The van der Waals surface area contributed by atoms with Crippen molar-refractivity contribution in [2.75, 3.05) is 46.4 Å². The Labute approximate surface area is 133 Å². The second kappa shape index (κ2) is 7.65. The number of likely N-dealkylation sites (tertiary alicyclic amines) is 1. The Kier molecular flexibility index (Phi) is 5.35. The maximum Gasteiger partial charge on any atom is 0.161 e. The summed E-state index contributed by atoms with van der Waals surface area (Å²) in [5.74, 6) is 1.68. The van der Waals surface area contributed by atoms with Crippen molar-refractivity contribution in [3.05, 3.63) is 29.8 Å². The highest BCUT2D eigenvalue weighted by Crippen LogP contribution is 2.32. The average Bonchev–Trinajstić information content (AvgIpc) is 3.09. The van der Waals surface area contributed by atoms with Crippen molar-refractivity contribution < 1.29 is 9.47 Å². The molecule has 0 unspecified atom stereocenters. The maximum absolute atomic E-state index is 5.93. The van der Waals surface area contributed by atoms with Gasteiger partial charge in [0, 0.05) is 13.1 Å². The lowest BCUT2D eigenvalue weighted by Crippen LogP contribution is -2.25.